The van der Waals surface area contributed by atoms with Gasteiger partial charge in [0.2, 0.25) is 5.91 Å². The summed E-state index contributed by atoms with van der Waals surface area (Å²) in [5, 5.41) is 12.5. The number of amides is 1. The van der Waals surface area contributed by atoms with Gasteiger partial charge >= 0.3 is 5.97 Å². The molecule has 0 aliphatic rings. The minimum atomic E-state index is -0.978. The largest absolute Gasteiger partial charge is 0.478 e. The van der Waals surface area contributed by atoms with Crippen molar-refractivity contribution in [3.05, 3.63) is 16.0 Å². The number of thioether (sulfide) groups is 1. The number of hydrogen-bond donors (Lipinski definition) is 2. The fraction of sp³-hybridized carbons (Fsp3) is 0.538. The van der Waals surface area contributed by atoms with Gasteiger partial charge in [0.15, 0.2) is 0 Å². The van der Waals surface area contributed by atoms with Gasteiger partial charge in [-0.1, -0.05) is 13.8 Å². The summed E-state index contributed by atoms with van der Waals surface area (Å²) in [5.41, 5.74) is 1.06. The summed E-state index contributed by atoms with van der Waals surface area (Å²) in [6, 6.07) is 0. The molecular formula is C13H19NO3S2. The van der Waals surface area contributed by atoms with E-state index in [1.165, 1.54) is 11.3 Å². The molecule has 0 aliphatic carbocycles. The van der Waals surface area contributed by atoms with Crippen molar-refractivity contribution in [1.29, 1.82) is 0 Å². The van der Waals surface area contributed by atoms with Crippen molar-refractivity contribution in [3.8, 4) is 0 Å². The van der Waals surface area contributed by atoms with Crippen molar-refractivity contribution < 1.29 is 14.7 Å². The predicted octanol–water partition coefficient (Wildman–Crippen LogP) is 3.25. The van der Waals surface area contributed by atoms with Crippen molar-refractivity contribution in [3.63, 3.8) is 0 Å². The first-order chi connectivity index (χ1) is 8.92. The van der Waals surface area contributed by atoms with Gasteiger partial charge in [-0.15, -0.1) is 11.3 Å². The molecule has 0 fully saturated rings. The van der Waals surface area contributed by atoms with Crippen molar-refractivity contribution in [2.24, 2.45) is 5.92 Å². The lowest BCUT2D eigenvalue weighted by Crippen LogP contribution is -2.22. The van der Waals surface area contributed by atoms with E-state index in [4.69, 9.17) is 0 Å². The zero-order valence-electron chi connectivity index (χ0n) is 11.6. The highest BCUT2D eigenvalue weighted by Crippen LogP contribution is 2.33. The average molecular weight is 301 g/mol. The third-order valence-corrected chi connectivity index (χ3v) is 4.77. The molecule has 1 unspecified atom stereocenters. The fourth-order valence-electron chi connectivity index (χ4n) is 1.88. The monoisotopic (exact) mass is 301 g/mol. The Morgan fingerprint density at radius 3 is 2.58 bits per heavy atom. The maximum absolute atomic E-state index is 12.0. The Labute approximate surface area is 121 Å². The number of nitrogens with one attached hydrogen (secondary N) is 1. The molecule has 1 amide bonds. The van der Waals surface area contributed by atoms with Crippen molar-refractivity contribution in [1.82, 2.24) is 0 Å². The highest BCUT2D eigenvalue weighted by atomic mass is 32.2. The summed E-state index contributed by atoms with van der Waals surface area (Å²) < 4.78 is 0. The zero-order valence-corrected chi connectivity index (χ0v) is 13.2. The molecule has 0 radical (unpaired) electrons. The first-order valence-electron chi connectivity index (χ1n) is 6.07. The molecule has 1 rings (SSSR count). The van der Waals surface area contributed by atoms with Gasteiger partial charge in [0, 0.05) is 16.5 Å². The molecule has 0 bridgehead atoms. The first-order valence-corrected chi connectivity index (χ1v) is 8.28. The van der Waals surface area contributed by atoms with Gasteiger partial charge in [0.05, 0.1) is 5.56 Å². The van der Waals surface area contributed by atoms with E-state index in [0.29, 0.717) is 11.4 Å². The van der Waals surface area contributed by atoms with E-state index in [2.05, 4.69) is 5.32 Å². The van der Waals surface area contributed by atoms with Gasteiger partial charge in [-0.2, -0.15) is 11.8 Å². The van der Waals surface area contributed by atoms with Crippen LogP contribution in [-0.4, -0.2) is 29.0 Å². The summed E-state index contributed by atoms with van der Waals surface area (Å²) in [5.74, 6) is -0.516. The minimum Gasteiger partial charge on any atom is -0.478 e. The maximum atomic E-state index is 12.0. The number of aromatic carboxylic acids is 1. The van der Waals surface area contributed by atoms with Gasteiger partial charge in [-0.3, -0.25) is 4.79 Å². The Morgan fingerprint density at radius 2 is 2.11 bits per heavy atom. The van der Waals surface area contributed by atoms with E-state index >= 15 is 0 Å². The fourth-order valence-corrected chi connectivity index (χ4v) is 3.67. The van der Waals surface area contributed by atoms with Crippen LogP contribution in [0.4, 0.5) is 5.00 Å². The Hall–Kier alpha value is -1.01. The standard InChI is InChI=1S/C13H19NO3S2/c1-5-9-8(3)19-12(10(9)13(16)17)14-11(15)7(2)6-18-4/h7H,5-6H2,1-4H3,(H,14,15)(H,16,17). The second kappa shape index (κ2) is 6.96. The van der Waals surface area contributed by atoms with Crippen LogP contribution in [-0.2, 0) is 11.2 Å². The molecular weight excluding hydrogens is 282 g/mol. The summed E-state index contributed by atoms with van der Waals surface area (Å²) in [4.78, 5) is 24.3. The third kappa shape index (κ3) is 3.73. The SMILES string of the molecule is CCc1c(C)sc(NC(=O)C(C)CSC)c1C(=O)O. The summed E-state index contributed by atoms with van der Waals surface area (Å²) in [6.45, 7) is 5.65. The summed E-state index contributed by atoms with van der Waals surface area (Å²) in [6.07, 6.45) is 2.59. The molecule has 2 N–H and O–H groups in total. The van der Waals surface area contributed by atoms with Crippen molar-refractivity contribution in [2.75, 3.05) is 17.3 Å². The van der Waals surface area contributed by atoms with E-state index in [0.717, 1.165) is 16.2 Å². The number of hydrogen-bond acceptors (Lipinski definition) is 4. The molecule has 6 heteroatoms. The molecule has 1 aromatic rings. The van der Waals surface area contributed by atoms with E-state index in [9.17, 15) is 14.7 Å². The van der Waals surface area contributed by atoms with Crippen molar-refractivity contribution >= 4 is 40.0 Å². The first kappa shape index (κ1) is 16.0. The topological polar surface area (TPSA) is 66.4 Å². The zero-order chi connectivity index (χ0) is 14.6. The summed E-state index contributed by atoms with van der Waals surface area (Å²) in [7, 11) is 0. The molecule has 0 saturated heterocycles. The second-order valence-electron chi connectivity index (χ2n) is 4.35. The van der Waals surface area contributed by atoms with E-state index < -0.39 is 5.97 Å². The molecule has 1 aromatic heterocycles. The molecule has 0 saturated carbocycles. The lowest BCUT2D eigenvalue weighted by molar-refractivity contribution is -0.118. The van der Waals surface area contributed by atoms with Gasteiger partial charge in [0.1, 0.15) is 5.00 Å². The van der Waals surface area contributed by atoms with Crippen LogP contribution >= 0.6 is 23.1 Å². The Morgan fingerprint density at radius 1 is 1.47 bits per heavy atom. The number of rotatable bonds is 6. The number of aryl methyl sites for hydroxylation is 1. The van der Waals surface area contributed by atoms with Crippen LogP contribution in [0, 0.1) is 12.8 Å². The van der Waals surface area contributed by atoms with E-state index in [-0.39, 0.29) is 17.4 Å². The molecule has 1 heterocycles. The quantitative estimate of drug-likeness (QED) is 0.846. The number of carbonyl (C=O) groups is 2. The number of carboxylic acid groups (broad SMARTS) is 1. The Balaban J connectivity index is 3.01. The van der Waals surface area contributed by atoms with Crippen LogP contribution in [0.1, 0.15) is 34.6 Å². The maximum Gasteiger partial charge on any atom is 0.339 e. The van der Waals surface area contributed by atoms with Crippen LogP contribution in [0.25, 0.3) is 0 Å². The molecule has 0 spiro atoms. The molecule has 0 aliphatic heterocycles. The predicted molar refractivity (Wildman–Crippen MR) is 81.6 cm³/mol. The van der Waals surface area contributed by atoms with E-state index in [1.807, 2.05) is 27.0 Å². The van der Waals surface area contributed by atoms with Crippen LogP contribution in [0.3, 0.4) is 0 Å². The van der Waals surface area contributed by atoms with Gasteiger partial charge < -0.3 is 10.4 Å². The lowest BCUT2D eigenvalue weighted by Gasteiger charge is -2.10. The van der Waals surface area contributed by atoms with Crippen molar-refractivity contribution in [2.45, 2.75) is 27.2 Å². The van der Waals surface area contributed by atoms with Gasteiger partial charge in [0.25, 0.3) is 0 Å². The normalized spacial score (nSPS) is 12.2. The smallest absolute Gasteiger partial charge is 0.339 e. The molecule has 1 atom stereocenters. The van der Waals surface area contributed by atoms with Crippen LogP contribution in [0.2, 0.25) is 0 Å². The number of anilines is 1. The molecule has 106 valence electrons. The van der Waals surface area contributed by atoms with Crippen LogP contribution < -0.4 is 5.32 Å². The number of carboxylic acids is 1. The Bertz CT molecular complexity index is 482. The summed E-state index contributed by atoms with van der Waals surface area (Å²) >= 11 is 2.94. The highest BCUT2D eigenvalue weighted by molar-refractivity contribution is 7.98. The number of carbonyl (C=O) groups excluding carboxylic acids is 1. The second-order valence-corrected chi connectivity index (χ2v) is 6.48. The van der Waals surface area contributed by atoms with E-state index in [1.54, 1.807) is 11.8 Å². The molecule has 19 heavy (non-hydrogen) atoms. The van der Waals surface area contributed by atoms with Gasteiger partial charge in [-0.05, 0) is 25.2 Å². The third-order valence-electron chi connectivity index (χ3n) is 2.88. The highest BCUT2D eigenvalue weighted by Gasteiger charge is 2.23. The average Bonchev–Trinajstić information content (AvgIpc) is 2.65. The van der Waals surface area contributed by atoms with Crippen LogP contribution in [0.15, 0.2) is 0 Å². The lowest BCUT2D eigenvalue weighted by atomic mass is 10.1. The molecule has 4 nitrogen and oxygen atoms in total. The Kier molecular flexibility index (Phi) is 5.87. The number of thiophene rings is 1. The van der Waals surface area contributed by atoms with Crippen LogP contribution in [0.5, 0.6) is 0 Å². The minimum absolute atomic E-state index is 0.124. The molecule has 0 aromatic carbocycles. The van der Waals surface area contributed by atoms with Gasteiger partial charge in [-0.25, -0.2) is 4.79 Å².